The molecule has 1 aromatic carbocycles. The summed E-state index contributed by atoms with van der Waals surface area (Å²) >= 11 is 5.85. The molecule has 2 rings (SSSR count). The van der Waals surface area contributed by atoms with Gasteiger partial charge in [-0.2, -0.15) is 4.98 Å². The lowest BCUT2D eigenvalue weighted by Gasteiger charge is -2.08. The summed E-state index contributed by atoms with van der Waals surface area (Å²) in [6.45, 7) is 1.02. The second-order valence-corrected chi connectivity index (χ2v) is 4.76. The highest BCUT2D eigenvalue weighted by atomic mass is 127. The van der Waals surface area contributed by atoms with E-state index in [1.807, 2.05) is 12.1 Å². The van der Waals surface area contributed by atoms with Crippen LogP contribution in [0.15, 0.2) is 33.8 Å². The van der Waals surface area contributed by atoms with Crippen LogP contribution in [0, 0.1) is 12.3 Å². The first-order valence-electron chi connectivity index (χ1n) is 6.69. The molecule has 0 unspecified atom stereocenters. The van der Waals surface area contributed by atoms with Gasteiger partial charge in [0.05, 0.1) is 6.54 Å². The Morgan fingerprint density at radius 1 is 1.35 bits per heavy atom. The molecule has 1 aromatic heterocycles. The molecule has 2 N–H and O–H groups in total. The molecule has 0 saturated carbocycles. The molecule has 122 valence electrons. The number of terminal acetylenes is 1. The Morgan fingerprint density at radius 2 is 2.09 bits per heavy atom. The number of benzene rings is 1. The van der Waals surface area contributed by atoms with Crippen molar-refractivity contribution in [1.82, 2.24) is 20.8 Å². The second kappa shape index (κ2) is 10.1. The maximum Gasteiger partial charge on any atom is 0.228 e. The van der Waals surface area contributed by atoms with Gasteiger partial charge in [-0.1, -0.05) is 22.7 Å². The standard InChI is InChI=1S/C15H16ClN5O.HI/c1-3-9-18-15(17-2)19-10-8-13-20-14(21-22-13)11-4-6-12(16)7-5-11;/h1,4-7H,8-10H2,2H3,(H2,17,18,19);1H. The van der Waals surface area contributed by atoms with E-state index < -0.39 is 0 Å². The molecule has 1 heterocycles. The summed E-state index contributed by atoms with van der Waals surface area (Å²) in [6.07, 6.45) is 5.76. The molecule has 0 aliphatic carbocycles. The fraction of sp³-hybridized carbons (Fsp3) is 0.267. The largest absolute Gasteiger partial charge is 0.356 e. The minimum Gasteiger partial charge on any atom is -0.356 e. The van der Waals surface area contributed by atoms with Gasteiger partial charge in [0.15, 0.2) is 5.96 Å². The molecule has 6 nitrogen and oxygen atoms in total. The van der Waals surface area contributed by atoms with Crippen molar-refractivity contribution in [2.24, 2.45) is 4.99 Å². The van der Waals surface area contributed by atoms with Gasteiger partial charge in [0.1, 0.15) is 0 Å². The Hall–Kier alpha value is -1.79. The molecule has 0 radical (unpaired) electrons. The van der Waals surface area contributed by atoms with Gasteiger partial charge in [0, 0.05) is 30.6 Å². The van der Waals surface area contributed by atoms with Crippen molar-refractivity contribution in [1.29, 1.82) is 0 Å². The lowest BCUT2D eigenvalue weighted by Crippen LogP contribution is -2.38. The average Bonchev–Trinajstić information content (AvgIpc) is 3.00. The number of aliphatic imine (C=N–C) groups is 1. The lowest BCUT2D eigenvalue weighted by atomic mass is 10.2. The predicted octanol–water partition coefficient (Wildman–Crippen LogP) is 2.35. The van der Waals surface area contributed by atoms with Crippen LogP contribution >= 0.6 is 35.6 Å². The Kier molecular flexibility index (Phi) is 8.43. The van der Waals surface area contributed by atoms with E-state index in [4.69, 9.17) is 22.5 Å². The summed E-state index contributed by atoms with van der Waals surface area (Å²) in [7, 11) is 1.68. The summed E-state index contributed by atoms with van der Waals surface area (Å²) in [5, 5.41) is 10.7. The number of halogens is 2. The van der Waals surface area contributed by atoms with Crippen LogP contribution in [-0.4, -0.2) is 36.2 Å². The van der Waals surface area contributed by atoms with Crippen LogP contribution in [0.1, 0.15) is 5.89 Å². The van der Waals surface area contributed by atoms with Crippen LogP contribution in [0.4, 0.5) is 0 Å². The van der Waals surface area contributed by atoms with E-state index in [2.05, 4.69) is 31.7 Å². The number of rotatable bonds is 5. The minimum atomic E-state index is 0. The molecular weight excluding hydrogens is 429 g/mol. The number of nitrogens with one attached hydrogen (secondary N) is 2. The third kappa shape index (κ3) is 6.08. The number of hydrogen-bond donors (Lipinski definition) is 2. The summed E-state index contributed by atoms with van der Waals surface area (Å²) in [5.41, 5.74) is 0.860. The fourth-order valence-corrected chi connectivity index (χ4v) is 1.84. The molecule has 0 fully saturated rings. The highest BCUT2D eigenvalue weighted by Crippen LogP contribution is 2.18. The smallest absolute Gasteiger partial charge is 0.228 e. The SMILES string of the molecule is C#CCNC(=NC)NCCc1nc(-c2ccc(Cl)cc2)no1.I. The van der Waals surface area contributed by atoms with Crippen molar-refractivity contribution in [2.75, 3.05) is 20.1 Å². The maximum atomic E-state index is 5.85. The van der Waals surface area contributed by atoms with Crippen molar-refractivity contribution >= 4 is 41.5 Å². The van der Waals surface area contributed by atoms with E-state index in [1.165, 1.54) is 0 Å². The van der Waals surface area contributed by atoms with E-state index >= 15 is 0 Å². The molecule has 0 saturated heterocycles. The number of aromatic nitrogens is 2. The quantitative estimate of drug-likeness (QED) is 0.320. The van der Waals surface area contributed by atoms with Gasteiger partial charge < -0.3 is 15.2 Å². The molecular formula is C15H17ClIN5O. The van der Waals surface area contributed by atoms with Crippen molar-refractivity contribution in [3.63, 3.8) is 0 Å². The van der Waals surface area contributed by atoms with Crippen molar-refractivity contribution in [3.8, 4) is 23.7 Å². The Morgan fingerprint density at radius 3 is 2.74 bits per heavy atom. The van der Waals surface area contributed by atoms with Gasteiger partial charge in [0.2, 0.25) is 11.7 Å². The van der Waals surface area contributed by atoms with Gasteiger partial charge >= 0.3 is 0 Å². The van der Waals surface area contributed by atoms with Crippen LogP contribution in [0.3, 0.4) is 0 Å². The molecule has 0 spiro atoms. The fourth-order valence-electron chi connectivity index (χ4n) is 1.72. The summed E-state index contributed by atoms with van der Waals surface area (Å²) in [6, 6.07) is 7.27. The average molecular weight is 446 g/mol. The van der Waals surface area contributed by atoms with Crippen LogP contribution < -0.4 is 10.6 Å². The zero-order valence-corrected chi connectivity index (χ0v) is 15.6. The zero-order chi connectivity index (χ0) is 15.8. The van der Waals surface area contributed by atoms with Crippen LogP contribution in [0.5, 0.6) is 0 Å². The normalized spacial score (nSPS) is 10.6. The van der Waals surface area contributed by atoms with Crippen LogP contribution in [0.2, 0.25) is 5.02 Å². The Bertz CT molecular complexity index is 678. The second-order valence-electron chi connectivity index (χ2n) is 4.33. The highest BCUT2D eigenvalue weighted by molar-refractivity contribution is 14.0. The third-order valence-corrected chi connectivity index (χ3v) is 3.04. The monoisotopic (exact) mass is 445 g/mol. The Labute approximate surface area is 157 Å². The first kappa shape index (κ1) is 19.3. The topological polar surface area (TPSA) is 75.3 Å². The molecule has 0 aliphatic rings. The zero-order valence-electron chi connectivity index (χ0n) is 12.5. The van der Waals surface area contributed by atoms with Gasteiger partial charge in [-0.05, 0) is 24.3 Å². The molecule has 0 atom stereocenters. The van der Waals surface area contributed by atoms with Gasteiger partial charge in [-0.25, -0.2) is 0 Å². The lowest BCUT2D eigenvalue weighted by molar-refractivity contribution is 0.378. The highest BCUT2D eigenvalue weighted by Gasteiger charge is 2.08. The van der Waals surface area contributed by atoms with Crippen LogP contribution in [-0.2, 0) is 6.42 Å². The molecule has 8 heteroatoms. The van der Waals surface area contributed by atoms with E-state index in [-0.39, 0.29) is 24.0 Å². The van der Waals surface area contributed by atoms with Gasteiger partial charge in [-0.15, -0.1) is 30.4 Å². The molecule has 2 aromatic rings. The first-order chi connectivity index (χ1) is 10.7. The van der Waals surface area contributed by atoms with Crippen molar-refractivity contribution < 1.29 is 4.52 Å². The minimum absolute atomic E-state index is 0. The molecule has 0 aliphatic heterocycles. The molecule has 0 amide bonds. The number of nitrogens with zero attached hydrogens (tertiary/aromatic N) is 3. The summed E-state index contributed by atoms with van der Waals surface area (Å²) < 4.78 is 5.22. The van der Waals surface area contributed by atoms with E-state index in [0.29, 0.717) is 42.2 Å². The predicted molar refractivity (Wildman–Crippen MR) is 102 cm³/mol. The summed E-state index contributed by atoms with van der Waals surface area (Å²) in [5.74, 6) is 4.21. The van der Waals surface area contributed by atoms with E-state index in [1.54, 1.807) is 19.2 Å². The van der Waals surface area contributed by atoms with Crippen LogP contribution in [0.25, 0.3) is 11.4 Å². The van der Waals surface area contributed by atoms with Crippen molar-refractivity contribution in [2.45, 2.75) is 6.42 Å². The van der Waals surface area contributed by atoms with E-state index in [0.717, 1.165) is 5.56 Å². The number of hydrogen-bond acceptors (Lipinski definition) is 4. The molecule has 23 heavy (non-hydrogen) atoms. The first-order valence-corrected chi connectivity index (χ1v) is 7.07. The van der Waals surface area contributed by atoms with Crippen molar-refractivity contribution in [3.05, 3.63) is 35.2 Å². The molecule has 0 bridgehead atoms. The van der Waals surface area contributed by atoms with Gasteiger partial charge in [-0.3, -0.25) is 4.99 Å². The number of guanidine groups is 1. The third-order valence-electron chi connectivity index (χ3n) is 2.78. The summed E-state index contributed by atoms with van der Waals surface area (Å²) in [4.78, 5) is 8.38. The van der Waals surface area contributed by atoms with Gasteiger partial charge in [0.25, 0.3) is 0 Å². The maximum absolute atomic E-state index is 5.85. The van der Waals surface area contributed by atoms with E-state index in [9.17, 15) is 0 Å². The Balaban J connectivity index is 0.00000264.